The molecule has 0 aliphatic carbocycles. The van der Waals surface area contributed by atoms with Crippen molar-refractivity contribution in [1.29, 1.82) is 0 Å². The predicted molar refractivity (Wildman–Crippen MR) is 139 cm³/mol. The number of benzene rings is 3. The Hall–Kier alpha value is -2.82. The van der Waals surface area contributed by atoms with Crippen LogP contribution in [-0.2, 0) is 29.0 Å². The topological polar surface area (TPSA) is 49.4 Å². The number of halogens is 2. The predicted octanol–water partition coefficient (Wildman–Crippen LogP) is 6.01. The fourth-order valence-electron chi connectivity index (χ4n) is 3.89. The molecule has 0 saturated heterocycles. The third-order valence-electron chi connectivity index (χ3n) is 5.53. The van der Waals surface area contributed by atoms with Crippen LogP contribution in [-0.4, -0.2) is 28.8 Å². The molecule has 1 N–H and O–H groups in total. The molecule has 3 rings (SSSR count). The minimum absolute atomic E-state index is 0.0663. The lowest BCUT2D eigenvalue weighted by Crippen LogP contribution is -2.52. The fraction of sp³-hybridized carbons (Fsp3) is 0.286. The molecular weight excluding hydrogens is 467 g/mol. The van der Waals surface area contributed by atoms with Crippen LogP contribution in [0.15, 0.2) is 72.8 Å². The molecule has 178 valence electrons. The zero-order valence-electron chi connectivity index (χ0n) is 19.7. The van der Waals surface area contributed by atoms with Crippen LogP contribution in [0.2, 0.25) is 10.0 Å². The van der Waals surface area contributed by atoms with Gasteiger partial charge in [0, 0.05) is 34.6 Å². The molecule has 6 heteroatoms. The molecule has 0 aliphatic heterocycles. The Morgan fingerprint density at radius 1 is 0.882 bits per heavy atom. The summed E-state index contributed by atoms with van der Waals surface area (Å²) < 4.78 is 0. The Kier molecular flexibility index (Phi) is 9.14. The summed E-state index contributed by atoms with van der Waals surface area (Å²) in [6, 6.07) is 22.0. The molecule has 0 aromatic heterocycles. The van der Waals surface area contributed by atoms with Gasteiger partial charge in [-0.2, -0.15) is 0 Å². The maximum Gasteiger partial charge on any atom is 0.243 e. The Morgan fingerprint density at radius 2 is 1.50 bits per heavy atom. The summed E-state index contributed by atoms with van der Waals surface area (Å²) >= 11 is 12.9. The smallest absolute Gasteiger partial charge is 0.243 e. The van der Waals surface area contributed by atoms with Gasteiger partial charge in [0.2, 0.25) is 11.8 Å². The minimum Gasteiger partial charge on any atom is -0.352 e. The van der Waals surface area contributed by atoms with Gasteiger partial charge in [-0.1, -0.05) is 89.4 Å². The van der Waals surface area contributed by atoms with E-state index in [4.69, 9.17) is 23.2 Å². The molecule has 4 nitrogen and oxygen atoms in total. The Morgan fingerprint density at radius 3 is 2.12 bits per heavy atom. The van der Waals surface area contributed by atoms with Crippen molar-refractivity contribution < 1.29 is 9.59 Å². The van der Waals surface area contributed by atoms with E-state index in [1.54, 1.807) is 23.1 Å². The first-order valence-electron chi connectivity index (χ1n) is 11.4. The first-order chi connectivity index (χ1) is 16.2. The van der Waals surface area contributed by atoms with Gasteiger partial charge >= 0.3 is 0 Å². The summed E-state index contributed by atoms with van der Waals surface area (Å²) in [7, 11) is 0. The van der Waals surface area contributed by atoms with Crippen molar-refractivity contribution in [2.24, 2.45) is 0 Å². The van der Waals surface area contributed by atoms with Crippen LogP contribution in [0.25, 0.3) is 0 Å². The number of hydrogen-bond acceptors (Lipinski definition) is 2. The van der Waals surface area contributed by atoms with E-state index in [0.717, 1.165) is 16.7 Å². The van der Waals surface area contributed by atoms with E-state index in [2.05, 4.69) is 5.32 Å². The average molecular weight is 497 g/mol. The van der Waals surface area contributed by atoms with E-state index in [1.165, 1.54) is 0 Å². The molecule has 0 bridgehead atoms. The molecule has 0 aliphatic rings. The van der Waals surface area contributed by atoms with Gasteiger partial charge in [-0.05, 0) is 44.0 Å². The molecule has 3 aromatic rings. The Bertz CT molecular complexity index is 1110. The zero-order valence-corrected chi connectivity index (χ0v) is 21.2. The maximum atomic E-state index is 13.7. The number of nitrogens with zero attached hydrogens (tertiary/aromatic N) is 1. The highest BCUT2D eigenvalue weighted by Crippen LogP contribution is 2.27. The van der Waals surface area contributed by atoms with E-state index < -0.39 is 6.04 Å². The number of nitrogens with one attached hydrogen (secondary N) is 1. The lowest BCUT2D eigenvalue weighted by atomic mass is 10.0. The van der Waals surface area contributed by atoms with Gasteiger partial charge in [-0.25, -0.2) is 0 Å². The number of carbonyl (C=O) groups excluding carboxylic acids is 2. The van der Waals surface area contributed by atoms with Crippen LogP contribution in [0.5, 0.6) is 0 Å². The second kappa shape index (κ2) is 12.0. The summed E-state index contributed by atoms with van der Waals surface area (Å²) in [4.78, 5) is 28.7. The van der Waals surface area contributed by atoms with Crippen LogP contribution < -0.4 is 5.32 Å². The third-order valence-corrected chi connectivity index (χ3v) is 6.24. The highest BCUT2D eigenvalue weighted by Gasteiger charge is 2.31. The summed E-state index contributed by atoms with van der Waals surface area (Å²) in [5.41, 5.74) is 3.55. The molecule has 0 unspecified atom stereocenters. The Balaban J connectivity index is 2.02. The van der Waals surface area contributed by atoms with Crippen molar-refractivity contribution in [2.75, 3.05) is 0 Å². The van der Waals surface area contributed by atoms with Crippen LogP contribution in [0.1, 0.15) is 36.1 Å². The van der Waals surface area contributed by atoms with Crippen LogP contribution in [0.4, 0.5) is 0 Å². The van der Waals surface area contributed by atoms with Crippen molar-refractivity contribution in [2.45, 2.75) is 52.2 Å². The average Bonchev–Trinajstić information content (AvgIpc) is 2.78. The fourth-order valence-corrected chi connectivity index (χ4v) is 4.40. The number of aryl methyl sites for hydroxylation is 1. The largest absolute Gasteiger partial charge is 0.352 e. The number of amides is 2. The standard InChI is InChI=1S/C28H30Cl2N2O2/c1-19(2)31-28(34)26(16-21-10-5-4-6-11-21)32(18-23-24(29)13-8-14-25(23)30)27(33)17-22-12-7-9-20(3)15-22/h4-15,19,26H,16-18H2,1-3H3,(H,31,34)/t26-/m1/s1. The van der Waals surface area contributed by atoms with E-state index in [0.29, 0.717) is 22.0 Å². The van der Waals surface area contributed by atoms with Gasteiger partial charge in [-0.3, -0.25) is 9.59 Å². The van der Waals surface area contributed by atoms with Gasteiger partial charge in [0.1, 0.15) is 6.04 Å². The third kappa shape index (κ3) is 7.09. The summed E-state index contributed by atoms with van der Waals surface area (Å²) in [5.74, 6) is -0.374. The SMILES string of the molecule is Cc1cccc(CC(=O)N(Cc2c(Cl)cccc2Cl)[C@H](Cc2ccccc2)C(=O)NC(C)C)c1. The number of hydrogen-bond donors (Lipinski definition) is 1. The summed E-state index contributed by atoms with van der Waals surface area (Å²) in [6.07, 6.45) is 0.547. The van der Waals surface area contributed by atoms with Gasteiger partial charge in [0.05, 0.1) is 6.42 Å². The van der Waals surface area contributed by atoms with Gasteiger partial charge in [-0.15, -0.1) is 0 Å². The van der Waals surface area contributed by atoms with Crippen molar-refractivity contribution in [3.05, 3.63) is 105 Å². The molecule has 0 radical (unpaired) electrons. The molecule has 0 fully saturated rings. The van der Waals surface area contributed by atoms with Crippen LogP contribution in [0.3, 0.4) is 0 Å². The highest BCUT2D eigenvalue weighted by atomic mass is 35.5. The van der Waals surface area contributed by atoms with Crippen LogP contribution >= 0.6 is 23.2 Å². The van der Waals surface area contributed by atoms with Crippen LogP contribution in [0, 0.1) is 6.92 Å². The van der Waals surface area contributed by atoms with Gasteiger partial charge in [0.15, 0.2) is 0 Å². The van der Waals surface area contributed by atoms with E-state index in [9.17, 15) is 9.59 Å². The lowest BCUT2D eigenvalue weighted by Gasteiger charge is -2.32. The van der Waals surface area contributed by atoms with Crippen molar-refractivity contribution in [3.63, 3.8) is 0 Å². The summed E-state index contributed by atoms with van der Waals surface area (Å²) in [6.45, 7) is 5.93. The number of carbonyl (C=O) groups is 2. The molecule has 2 amide bonds. The highest BCUT2D eigenvalue weighted by molar-refractivity contribution is 6.36. The molecule has 0 spiro atoms. The van der Waals surface area contributed by atoms with Gasteiger partial charge in [0.25, 0.3) is 0 Å². The zero-order chi connectivity index (χ0) is 24.7. The molecule has 34 heavy (non-hydrogen) atoms. The molecule has 0 heterocycles. The first-order valence-corrected chi connectivity index (χ1v) is 12.1. The quantitative estimate of drug-likeness (QED) is 0.394. The van der Waals surface area contributed by atoms with E-state index in [-0.39, 0.29) is 30.8 Å². The molecular formula is C28H30Cl2N2O2. The summed E-state index contributed by atoms with van der Waals surface area (Å²) in [5, 5.41) is 3.91. The maximum absolute atomic E-state index is 13.7. The normalized spacial score (nSPS) is 11.8. The molecule has 0 saturated carbocycles. The lowest BCUT2D eigenvalue weighted by molar-refractivity contribution is -0.141. The van der Waals surface area contributed by atoms with Crippen molar-refractivity contribution in [1.82, 2.24) is 10.2 Å². The minimum atomic E-state index is -0.727. The molecule has 1 atom stereocenters. The van der Waals surface area contributed by atoms with Crippen molar-refractivity contribution in [3.8, 4) is 0 Å². The first kappa shape index (κ1) is 25.8. The molecule has 3 aromatic carbocycles. The van der Waals surface area contributed by atoms with E-state index in [1.807, 2.05) is 75.4 Å². The van der Waals surface area contributed by atoms with E-state index >= 15 is 0 Å². The Labute approximate surface area is 211 Å². The second-order valence-corrected chi connectivity index (χ2v) is 9.57. The van der Waals surface area contributed by atoms with Crippen molar-refractivity contribution >= 4 is 35.0 Å². The van der Waals surface area contributed by atoms with Gasteiger partial charge < -0.3 is 10.2 Å². The monoisotopic (exact) mass is 496 g/mol. The number of rotatable bonds is 9. The second-order valence-electron chi connectivity index (χ2n) is 8.76.